The molecule has 0 saturated carbocycles. The number of carboxylic acid groups (broad SMARTS) is 1. The summed E-state index contributed by atoms with van der Waals surface area (Å²) in [5, 5.41) is 26.2. The molecule has 20 heavy (non-hydrogen) atoms. The molecule has 0 radical (unpaired) electrons. The summed E-state index contributed by atoms with van der Waals surface area (Å²) in [7, 11) is 0. The number of nitro groups is 1. The number of non-ortho nitro benzene ring substituents is 1. The van der Waals surface area contributed by atoms with Crippen LogP contribution in [0.1, 0.15) is 5.56 Å². The molecular weight excluding hydrogens is 284 g/mol. The molecule has 8 nitrogen and oxygen atoms in total. The van der Waals surface area contributed by atoms with Crippen molar-refractivity contribution in [1.29, 1.82) is 0 Å². The summed E-state index contributed by atoms with van der Waals surface area (Å²) < 4.78 is 0. The summed E-state index contributed by atoms with van der Waals surface area (Å²) in [6, 6.07) is 4.58. The fourth-order valence-corrected chi connectivity index (χ4v) is 2.09. The third-order valence-electron chi connectivity index (χ3n) is 2.34. The van der Waals surface area contributed by atoms with Crippen LogP contribution in [0.15, 0.2) is 23.4 Å². The number of aryl methyl sites for hydroxylation is 1. The maximum atomic E-state index is 10.8. The van der Waals surface area contributed by atoms with Crippen LogP contribution >= 0.6 is 11.8 Å². The molecule has 2 aromatic rings. The molecule has 0 aliphatic rings. The molecule has 0 spiro atoms. The van der Waals surface area contributed by atoms with Crippen molar-refractivity contribution in [2.45, 2.75) is 12.1 Å². The summed E-state index contributed by atoms with van der Waals surface area (Å²) in [6.07, 6.45) is 0. The Bertz CT molecular complexity index is 670. The van der Waals surface area contributed by atoms with Gasteiger partial charge in [-0.15, -0.1) is 5.10 Å². The van der Waals surface area contributed by atoms with E-state index >= 15 is 0 Å². The Labute approximate surface area is 117 Å². The van der Waals surface area contributed by atoms with Gasteiger partial charge in [0.05, 0.1) is 10.7 Å². The van der Waals surface area contributed by atoms with Crippen LogP contribution in [0.5, 0.6) is 0 Å². The molecule has 0 unspecified atom stereocenters. The first kappa shape index (κ1) is 14.0. The number of carbonyl (C=O) groups is 1. The molecule has 0 amide bonds. The highest BCUT2D eigenvalue weighted by Crippen LogP contribution is 2.24. The molecular formula is C11H10N4O4S. The number of aromatic amines is 1. The molecule has 1 aromatic heterocycles. The molecule has 0 fully saturated rings. The van der Waals surface area contributed by atoms with E-state index in [-0.39, 0.29) is 16.6 Å². The molecule has 0 atom stereocenters. The number of carboxylic acids is 1. The molecule has 0 bridgehead atoms. The van der Waals surface area contributed by atoms with Gasteiger partial charge in [0.25, 0.3) is 5.69 Å². The predicted octanol–water partition coefficient (Wildman–Crippen LogP) is 1.87. The SMILES string of the molecule is Cc1cc(-c2nc(SCC(=O)O)n[nH]2)cc([N+](=O)[O-])c1. The van der Waals surface area contributed by atoms with Crippen LogP contribution in [0, 0.1) is 17.0 Å². The first-order valence-electron chi connectivity index (χ1n) is 5.49. The van der Waals surface area contributed by atoms with Crippen LogP contribution in [-0.2, 0) is 4.79 Å². The molecule has 0 aliphatic heterocycles. The number of thioether (sulfide) groups is 1. The lowest BCUT2D eigenvalue weighted by Gasteiger charge is -1.99. The van der Waals surface area contributed by atoms with E-state index in [4.69, 9.17) is 5.11 Å². The van der Waals surface area contributed by atoms with Crippen molar-refractivity contribution in [3.05, 3.63) is 33.9 Å². The Balaban J connectivity index is 2.27. The van der Waals surface area contributed by atoms with Gasteiger partial charge in [0.2, 0.25) is 5.16 Å². The van der Waals surface area contributed by atoms with E-state index in [1.54, 1.807) is 13.0 Å². The highest BCUT2D eigenvalue weighted by molar-refractivity contribution is 7.99. The Morgan fingerprint density at radius 2 is 2.25 bits per heavy atom. The van der Waals surface area contributed by atoms with Crippen LogP contribution in [-0.4, -0.2) is 36.9 Å². The zero-order chi connectivity index (χ0) is 14.7. The second-order valence-corrected chi connectivity index (χ2v) is 4.91. The number of aliphatic carboxylic acids is 1. The Morgan fingerprint density at radius 3 is 2.90 bits per heavy atom. The van der Waals surface area contributed by atoms with Crippen LogP contribution in [0.25, 0.3) is 11.4 Å². The maximum Gasteiger partial charge on any atom is 0.313 e. The van der Waals surface area contributed by atoms with E-state index in [0.29, 0.717) is 11.4 Å². The molecule has 1 aromatic carbocycles. The maximum absolute atomic E-state index is 10.8. The number of hydrogen-bond donors (Lipinski definition) is 2. The van der Waals surface area contributed by atoms with Gasteiger partial charge in [-0.1, -0.05) is 11.8 Å². The number of nitro benzene ring substituents is 1. The summed E-state index contributed by atoms with van der Waals surface area (Å²) in [6.45, 7) is 1.74. The minimum atomic E-state index is -0.965. The van der Waals surface area contributed by atoms with Crippen molar-refractivity contribution in [3.63, 3.8) is 0 Å². The van der Waals surface area contributed by atoms with Gasteiger partial charge in [-0.3, -0.25) is 20.0 Å². The number of aromatic nitrogens is 3. The highest BCUT2D eigenvalue weighted by Gasteiger charge is 2.13. The highest BCUT2D eigenvalue weighted by atomic mass is 32.2. The van der Waals surface area contributed by atoms with Gasteiger partial charge in [-0.2, -0.15) is 0 Å². The molecule has 1 heterocycles. The van der Waals surface area contributed by atoms with Gasteiger partial charge >= 0.3 is 5.97 Å². The average Bonchev–Trinajstić information content (AvgIpc) is 2.84. The molecule has 104 valence electrons. The number of nitrogens with one attached hydrogen (secondary N) is 1. The second-order valence-electron chi connectivity index (χ2n) is 3.96. The number of H-pyrrole nitrogens is 1. The molecule has 2 N–H and O–H groups in total. The summed E-state index contributed by atoms with van der Waals surface area (Å²) >= 11 is 0.972. The lowest BCUT2D eigenvalue weighted by Crippen LogP contribution is -1.97. The first-order valence-corrected chi connectivity index (χ1v) is 6.47. The normalized spacial score (nSPS) is 10.4. The van der Waals surface area contributed by atoms with Gasteiger partial charge in [-0.25, -0.2) is 4.98 Å². The van der Waals surface area contributed by atoms with Crippen molar-refractivity contribution in [1.82, 2.24) is 15.2 Å². The van der Waals surface area contributed by atoms with Crippen LogP contribution in [0.3, 0.4) is 0 Å². The van der Waals surface area contributed by atoms with Gasteiger partial charge in [0.1, 0.15) is 0 Å². The third kappa shape index (κ3) is 3.32. The van der Waals surface area contributed by atoms with Gasteiger partial charge < -0.3 is 5.11 Å². The van der Waals surface area contributed by atoms with Crippen molar-refractivity contribution in [2.75, 3.05) is 5.75 Å². The lowest BCUT2D eigenvalue weighted by molar-refractivity contribution is -0.384. The summed E-state index contributed by atoms with van der Waals surface area (Å²) in [5.41, 5.74) is 1.23. The summed E-state index contributed by atoms with van der Waals surface area (Å²) in [4.78, 5) is 24.9. The minimum Gasteiger partial charge on any atom is -0.481 e. The standard InChI is InChI=1S/C11H10N4O4S/c1-6-2-7(4-8(3-6)15(18)19)10-12-11(14-13-10)20-5-9(16)17/h2-4H,5H2,1H3,(H,16,17)(H,12,13,14). The van der Waals surface area contributed by atoms with E-state index in [9.17, 15) is 14.9 Å². The smallest absolute Gasteiger partial charge is 0.313 e. The van der Waals surface area contributed by atoms with Crippen LogP contribution in [0.2, 0.25) is 0 Å². The predicted molar refractivity (Wildman–Crippen MR) is 71.6 cm³/mol. The van der Waals surface area contributed by atoms with Gasteiger partial charge in [0.15, 0.2) is 5.82 Å². The van der Waals surface area contributed by atoms with Gasteiger partial charge in [-0.05, 0) is 18.6 Å². The van der Waals surface area contributed by atoms with Crippen molar-refractivity contribution in [3.8, 4) is 11.4 Å². The van der Waals surface area contributed by atoms with Crippen molar-refractivity contribution < 1.29 is 14.8 Å². The first-order chi connectivity index (χ1) is 9.45. The largest absolute Gasteiger partial charge is 0.481 e. The fraction of sp³-hybridized carbons (Fsp3) is 0.182. The molecule has 2 rings (SSSR count). The number of benzene rings is 1. The fourth-order valence-electron chi connectivity index (χ4n) is 1.57. The number of nitrogens with zero attached hydrogens (tertiary/aromatic N) is 3. The third-order valence-corrected chi connectivity index (χ3v) is 3.17. The topological polar surface area (TPSA) is 122 Å². The molecule has 0 aliphatic carbocycles. The van der Waals surface area contributed by atoms with Crippen LogP contribution in [0.4, 0.5) is 5.69 Å². The Kier molecular flexibility index (Phi) is 3.99. The van der Waals surface area contributed by atoms with Gasteiger partial charge in [0, 0.05) is 17.7 Å². The van der Waals surface area contributed by atoms with E-state index in [1.165, 1.54) is 12.1 Å². The monoisotopic (exact) mass is 294 g/mol. The zero-order valence-electron chi connectivity index (χ0n) is 10.4. The second kappa shape index (κ2) is 5.70. The van der Waals surface area contributed by atoms with Crippen molar-refractivity contribution >= 4 is 23.4 Å². The zero-order valence-corrected chi connectivity index (χ0v) is 11.2. The Hall–Kier alpha value is -2.42. The van der Waals surface area contributed by atoms with Crippen LogP contribution < -0.4 is 0 Å². The molecule has 0 saturated heterocycles. The van der Waals surface area contributed by atoms with E-state index in [2.05, 4.69) is 15.2 Å². The van der Waals surface area contributed by atoms with E-state index in [1.807, 2.05) is 0 Å². The summed E-state index contributed by atoms with van der Waals surface area (Å²) in [5.74, 6) is -0.747. The van der Waals surface area contributed by atoms with E-state index in [0.717, 1.165) is 17.3 Å². The minimum absolute atomic E-state index is 0.0314. The quantitative estimate of drug-likeness (QED) is 0.490. The number of rotatable bonds is 5. The molecule has 9 heteroatoms. The Morgan fingerprint density at radius 1 is 1.50 bits per heavy atom. The van der Waals surface area contributed by atoms with E-state index < -0.39 is 10.9 Å². The number of hydrogen-bond acceptors (Lipinski definition) is 6. The van der Waals surface area contributed by atoms with Crippen molar-refractivity contribution in [2.24, 2.45) is 0 Å². The average molecular weight is 294 g/mol. The lowest BCUT2D eigenvalue weighted by atomic mass is 10.1.